The summed E-state index contributed by atoms with van der Waals surface area (Å²) in [5, 5.41) is 10.4. The second-order valence-corrected chi connectivity index (χ2v) is 7.03. The van der Waals surface area contributed by atoms with Gasteiger partial charge in [0.15, 0.2) is 0 Å². The van der Waals surface area contributed by atoms with E-state index >= 15 is 0 Å². The van der Waals surface area contributed by atoms with E-state index in [1.54, 1.807) is 17.2 Å². The van der Waals surface area contributed by atoms with E-state index < -0.39 is 6.10 Å². The molecule has 0 spiro atoms. The van der Waals surface area contributed by atoms with Crippen LogP contribution in [0.25, 0.3) is 0 Å². The van der Waals surface area contributed by atoms with Crippen LogP contribution in [0.3, 0.4) is 0 Å². The van der Waals surface area contributed by atoms with Crippen molar-refractivity contribution in [1.82, 2.24) is 14.8 Å². The van der Waals surface area contributed by atoms with Crippen molar-refractivity contribution in [3.8, 4) is 5.75 Å². The van der Waals surface area contributed by atoms with Gasteiger partial charge in [-0.25, -0.2) is 0 Å². The Morgan fingerprint density at radius 1 is 1.33 bits per heavy atom. The summed E-state index contributed by atoms with van der Waals surface area (Å²) in [6.45, 7) is 7.07. The number of likely N-dealkylation sites (tertiary alicyclic amines) is 1. The molecule has 148 valence electrons. The van der Waals surface area contributed by atoms with Crippen LogP contribution in [0.15, 0.2) is 30.5 Å². The fraction of sp³-hybridized carbons (Fsp3) is 0.600. The van der Waals surface area contributed by atoms with Gasteiger partial charge in [0.1, 0.15) is 11.9 Å². The number of amides is 1. The maximum atomic E-state index is 12.5. The fourth-order valence-electron chi connectivity index (χ4n) is 3.37. The van der Waals surface area contributed by atoms with Crippen molar-refractivity contribution in [2.24, 2.45) is 0 Å². The summed E-state index contributed by atoms with van der Waals surface area (Å²) in [6, 6.07) is 3.68. The van der Waals surface area contributed by atoms with Gasteiger partial charge in [0.25, 0.3) is 0 Å². The van der Waals surface area contributed by atoms with E-state index in [2.05, 4.69) is 9.88 Å². The largest absolute Gasteiger partial charge is 0.486 e. The van der Waals surface area contributed by atoms with E-state index in [1.807, 2.05) is 25.1 Å². The first-order chi connectivity index (χ1) is 13.1. The smallest absolute Gasteiger partial charge is 0.246 e. The lowest BCUT2D eigenvalue weighted by atomic mass is 10.1. The maximum Gasteiger partial charge on any atom is 0.246 e. The molecule has 2 aliphatic heterocycles. The standard InChI is InChI=1S/C20H29N3O4/c1-16-18(4-2-8-21-16)27-19-7-11-23(10-6-17(19)24)20(25)5-3-9-22-12-14-26-15-13-22/h2-5,8,17,19,24H,6-7,9-15H2,1H3/b5-3+/t17-,19-/m0/s1. The number of ether oxygens (including phenoxy) is 2. The lowest BCUT2D eigenvalue weighted by Crippen LogP contribution is -2.36. The Kier molecular flexibility index (Phi) is 7.20. The SMILES string of the molecule is Cc1ncccc1O[C@H]1CCN(C(=O)/C=C/CN2CCOCC2)CC[C@@H]1O. The van der Waals surface area contributed by atoms with Crippen LogP contribution in [0.5, 0.6) is 5.75 Å². The Morgan fingerprint density at radius 2 is 2.11 bits per heavy atom. The van der Waals surface area contributed by atoms with Crippen molar-refractivity contribution in [2.45, 2.75) is 32.0 Å². The van der Waals surface area contributed by atoms with Crippen LogP contribution in [0.4, 0.5) is 0 Å². The Bertz CT molecular complexity index is 646. The van der Waals surface area contributed by atoms with Crippen LogP contribution in [0.2, 0.25) is 0 Å². The minimum absolute atomic E-state index is 0.00586. The molecule has 0 unspecified atom stereocenters. The first kappa shape index (κ1) is 19.8. The monoisotopic (exact) mass is 375 g/mol. The van der Waals surface area contributed by atoms with Crippen LogP contribution < -0.4 is 4.74 Å². The highest BCUT2D eigenvalue weighted by Crippen LogP contribution is 2.21. The number of carbonyl (C=O) groups excluding carboxylic acids is 1. The molecule has 1 amide bonds. The average molecular weight is 375 g/mol. The molecule has 3 heterocycles. The van der Waals surface area contributed by atoms with E-state index in [0.29, 0.717) is 31.7 Å². The zero-order chi connectivity index (χ0) is 19.1. The van der Waals surface area contributed by atoms with Crippen molar-refractivity contribution in [3.63, 3.8) is 0 Å². The second-order valence-electron chi connectivity index (χ2n) is 7.03. The molecule has 2 atom stereocenters. The molecular formula is C20H29N3O4. The number of rotatable bonds is 5. The number of carbonyl (C=O) groups is 1. The van der Waals surface area contributed by atoms with Crippen molar-refractivity contribution in [2.75, 3.05) is 45.9 Å². The third-order valence-electron chi connectivity index (χ3n) is 5.08. The number of nitrogens with zero attached hydrogens (tertiary/aromatic N) is 3. The molecule has 3 rings (SSSR count). The second kappa shape index (κ2) is 9.82. The predicted molar refractivity (Wildman–Crippen MR) is 102 cm³/mol. The number of aliphatic hydroxyl groups is 1. The number of aromatic nitrogens is 1. The lowest BCUT2D eigenvalue weighted by molar-refractivity contribution is -0.126. The molecule has 2 saturated heterocycles. The Balaban J connectivity index is 1.50. The summed E-state index contributed by atoms with van der Waals surface area (Å²) in [5.41, 5.74) is 0.799. The van der Waals surface area contributed by atoms with Crippen molar-refractivity contribution < 1.29 is 19.4 Å². The maximum absolute atomic E-state index is 12.5. The van der Waals surface area contributed by atoms with Gasteiger partial charge >= 0.3 is 0 Å². The van der Waals surface area contributed by atoms with Crippen LogP contribution in [-0.2, 0) is 9.53 Å². The van der Waals surface area contributed by atoms with Gasteiger partial charge in [-0.2, -0.15) is 0 Å². The Morgan fingerprint density at radius 3 is 2.89 bits per heavy atom. The summed E-state index contributed by atoms with van der Waals surface area (Å²) in [6.07, 6.45) is 5.46. The molecule has 1 aromatic heterocycles. The van der Waals surface area contributed by atoms with Crippen LogP contribution in [0, 0.1) is 6.92 Å². The highest BCUT2D eigenvalue weighted by molar-refractivity contribution is 5.87. The zero-order valence-electron chi connectivity index (χ0n) is 15.9. The van der Waals surface area contributed by atoms with Crippen molar-refractivity contribution >= 4 is 5.91 Å². The molecular weight excluding hydrogens is 346 g/mol. The van der Waals surface area contributed by atoms with E-state index in [0.717, 1.165) is 38.5 Å². The Labute approximate surface area is 160 Å². The van der Waals surface area contributed by atoms with Crippen molar-refractivity contribution in [3.05, 3.63) is 36.2 Å². The van der Waals surface area contributed by atoms with Gasteiger partial charge in [0.05, 0.1) is 25.0 Å². The fourth-order valence-corrected chi connectivity index (χ4v) is 3.37. The molecule has 7 heteroatoms. The zero-order valence-corrected chi connectivity index (χ0v) is 15.9. The molecule has 2 fully saturated rings. The molecule has 0 bridgehead atoms. The molecule has 2 aliphatic rings. The minimum Gasteiger partial charge on any atom is -0.486 e. The van der Waals surface area contributed by atoms with Gasteiger partial charge in [-0.05, 0) is 25.5 Å². The van der Waals surface area contributed by atoms with E-state index in [4.69, 9.17) is 9.47 Å². The predicted octanol–water partition coefficient (Wildman–Crippen LogP) is 1.01. The molecule has 0 radical (unpaired) electrons. The normalized spacial score (nSPS) is 24.7. The highest BCUT2D eigenvalue weighted by atomic mass is 16.5. The molecule has 27 heavy (non-hydrogen) atoms. The number of morpholine rings is 1. The topological polar surface area (TPSA) is 75.1 Å². The number of hydrogen-bond donors (Lipinski definition) is 1. The molecule has 1 aromatic rings. The highest BCUT2D eigenvalue weighted by Gasteiger charge is 2.28. The number of aliphatic hydroxyl groups excluding tert-OH is 1. The van der Waals surface area contributed by atoms with E-state index in [1.165, 1.54) is 0 Å². The van der Waals surface area contributed by atoms with Gasteiger partial charge in [-0.15, -0.1) is 0 Å². The minimum atomic E-state index is -0.597. The first-order valence-corrected chi connectivity index (χ1v) is 9.65. The first-order valence-electron chi connectivity index (χ1n) is 9.65. The number of pyridine rings is 1. The number of hydrogen-bond acceptors (Lipinski definition) is 6. The van der Waals surface area contributed by atoms with Crippen LogP contribution in [-0.4, -0.2) is 83.9 Å². The van der Waals surface area contributed by atoms with Crippen LogP contribution >= 0.6 is 0 Å². The summed E-state index contributed by atoms with van der Waals surface area (Å²) in [7, 11) is 0. The van der Waals surface area contributed by atoms with E-state index in [9.17, 15) is 9.90 Å². The quantitative estimate of drug-likeness (QED) is 0.774. The van der Waals surface area contributed by atoms with E-state index in [-0.39, 0.29) is 12.0 Å². The van der Waals surface area contributed by atoms with Crippen molar-refractivity contribution in [1.29, 1.82) is 0 Å². The van der Waals surface area contributed by atoms with Gasteiger partial charge in [0.2, 0.25) is 5.91 Å². The summed E-state index contributed by atoms with van der Waals surface area (Å²) < 4.78 is 11.3. The summed E-state index contributed by atoms with van der Waals surface area (Å²) in [5.74, 6) is 0.681. The number of aryl methyl sites for hydroxylation is 1. The molecule has 0 aliphatic carbocycles. The third-order valence-corrected chi connectivity index (χ3v) is 5.08. The molecule has 0 aromatic carbocycles. The summed E-state index contributed by atoms with van der Waals surface area (Å²) >= 11 is 0. The van der Waals surface area contributed by atoms with Gasteiger partial charge in [0, 0.05) is 51.4 Å². The Hall–Kier alpha value is -1.96. The van der Waals surface area contributed by atoms with Gasteiger partial charge in [-0.3, -0.25) is 14.7 Å². The molecule has 1 N–H and O–H groups in total. The van der Waals surface area contributed by atoms with Gasteiger partial charge in [-0.1, -0.05) is 6.08 Å². The average Bonchev–Trinajstić information content (AvgIpc) is 2.86. The van der Waals surface area contributed by atoms with Crippen LogP contribution in [0.1, 0.15) is 18.5 Å². The molecule has 7 nitrogen and oxygen atoms in total. The lowest BCUT2D eigenvalue weighted by Gasteiger charge is -2.25. The summed E-state index contributed by atoms with van der Waals surface area (Å²) in [4.78, 5) is 20.8. The third kappa shape index (κ3) is 5.76. The molecule has 0 saturated carbocycles. The van der Waals surface area contributed by atoms with Gasteiger partial charge < -0.3 is 19.5 Å².